The highest BCUT2D eigenvalue weighted by atomic mass is 79.9. The highest BCUT2D eigenvalue weighted by Gasteiger charge is 2.13. The molecule has 0 spiro atoms. The molecule has 0 bridgehead atoms. The first-order valence-electron chi connectivity index (χ1n) is 9.39. The summed E-state index contributed by atoms with van der Waals surface area (Å²) >= 11 is 24.7. The minimum Gasteiger partial charge on any atom is -0.315 e. The van der Waals surface area contributed by atoms with Crippen molar-refractivity contribution < 1.29 is 0 Å². The Morgan fingerprint density at radius 2 is 1.41 bits per heavy atom. The van der Waals surface area contributed by atoms with Gasteiger partial charge >= 0.3 is 0 Å². The molecule has 4 rings (SSSR count). The van der Waals surface area contributed by atoms with E-state index in [4.69, 9.17) is 35.4 Å². The van der Waals surface area contributed by atoms with E-state index in [9.17, 15) is 0 Å². The first-order chi connectivity index (χ1) is 15.4. The largest absolute Gasteiger partial charge is 0.315 e. The van der Waals surface area contributed by atoms with Gasteiger partial charge in [0.05, 0.1) is 22.0 Å². The molecule has 0 aliphatic heterocycles. The number of anilines is 2. The lowest BCUT2D eigenvalue weighted by Gasteiger charge is -2.07. The summed E-state index contributed by atoms with van der Waals surface area (Å²) in [5, 5.41) is 17.1. The molecule has 0 fully saturated rings. The molecule has 0 aliphatic carbocycles. The van der Waals surface area contributed by atoms with Crippen LogP contribution in [0.25, 0.3) is 0 Å². The van der Waals surface area contributed by atoms with Crippen LogP contribution in [0.1, 0.15) is 11.1 Å². The molecular formula is C21H16Br2Cl2N6S. The second-order valence-electron chi connectivity index (χ2n) is 6.84. The summed E-state index contributed by atoms with van der Waals surface area (Å²) in [5.74, 6) is 1.19. The lowest BCUT2D eigenvalue weighted by molar-refractivity contribution is 0.689. The number of nitrogens with zero attached hydrogens (tertiary/aromatic N) is 4. The van der Waals surface area contributed by atoms with E-state index >= 15 is 0 Å². The van der Waals surface area contributed by atoms with Crippen LogP contribution in [0.5, 0.6) is 0 Å². The highest BCUT2D eigenvalue weighted by molar-refractivity contribution is 9.11. The van der Waals surface area contributed by atoms with Gasteiger partial charge in [-0.1, -0.05) is 53.5 Å². The highest BCUT2D eigenvalue weighted by Crippen LogP contribution is 2.24. The zero-order valence-corrected chi connectivity index (χ0v) is 21.9. The van der Waals surface area contributed by atoms with Crippen molar-refractivity contribution >= 4 is 84.0 Å². The van der Waals surface area contributed by atoms with Gasteiger partial charge in [-0.15, -0.1) is 0 Å². The Balaban J connectivity index is 1.40. The van der Waals surface area contributed by atoms with Gasteiger partial charge < -0.3 is 10.6 Å². The molecule has 2 aromatic heterocycles. The first kappa shape index (κ1) is 23.3. The van der Waals surface area contributed by atoms with Crippen LogP contribution >= 0.6 is 67.3 Å². The van der Waals surface area contributed by atoms with E-state index in [0.29, 0.717) is 39.9 Å². The van der Waals surface area contributed by atoms with Gasteiger partial charge in [0, 0.05) is 22.4 Å². The number of hydrogen-bond donors (Lipinski definition) is 2. The van der Waals surface area contributed by atoms with Crippen molar-refractivity contribution in [2.24, 2.45) is 0 Å². The number of rotatable bonds is 6. The number of benzene rings is 2. The standard InChI is InChI=1S/C21H16Br2Cl2N6S/c22-16-11-30(9-13-5-7-15(24)8-6-13)28-19(16)26-21(32)27-20-17(23)12-31(29-20)10-14-3-1-2-4-18(14)25/h1-8,11-12H,9-10H2,(H2,26,27,28,29,32). The Morgan fingerprint density at radius 1 is 0.844 bits per heavy atom. The Kier molecular flexibility index (Phi) is 7.52. The first-order valence-corrected chi connectivity index (χ1v) is 12.1. The number of aromatic nitrogens is 4. The van der Waals surface area contributed by atoms with Crippen molar-refractivity contribution in [3.63, 3.8) is 0 Å². The molecule has 0 saturated heterocycles. The van der Waals surface area contributed by atoms with Crippen molar-refractivity contribution in [1.82, 2.24) is 19.6 Å². The van der Waals surface area contributed by atoms with Crippen molar-refractivity contribution in [2.45, 2.75) is 13.1 Å². The van der Waals surface area contributed by atoms with Crippen LogP contribution in [-0.2, 0) is 13.1 Å². The third-order valence-electron chi connectivity index (χ3n) is 4.45. The van der Waals surface area contributed by atoms with Gasteiger partial charge in [0.25, 0.3) is 0 Å². The molecule has 0 aliphatic rings. The van der Waals surface area contributed by atoms with E-state index in [1.165, 1.54) is 0 Å². The van der Waals surface area contributed by atoms with E-state index in [-0.39, 0.29) is 0 Å². The molecule has 6 nitrogen and oxygen atoms in total. The maximum absolute atomic E-state index is 6.25. The lowest BCUT2D eigenvalue weighted by Crippen LogP contribution is -2.20. The SMILES string of the molecule is S=C(Nc1nn(Cc2ccc(Cl)cc2)cc1Br)Nc1nn(Cc2ccccc2Cl)cc1Br. The van der Waals surface area contributed by atoms with Gasteiger partial charge in [0.15, 0.2) is 16.7 Å². The van der Waals surface area contributed by atoms with Gasteiger partial charge in [-0.2, -0.15) is 10.2 Å². The fraction of sp³-hybridized carbons (Fsp3) is 0.0952. The molecule has 0 amide bonds. The molecular weight excluding hydrogens is 599 g/mol. The summed E-state index contributed by atoms with van der Waals surface area (Å²) in [6.45, 7) is 1.15. The molecule has 2 N–H and O–H groups in total. The van der Waals surface area contributed by atoms with Crippen LogP contribution in [0.15, 0.2) is 69.9 Å². The van der Waals surface area contributed by atoms with Crippen molar-refractivity contribution in [1.29, 1.82) is 0 Å². The number of halogens is 4. The van der Waals surface area contributed by atoms with Gasteiger partial charge in [0.1, 0.15) is 0 Å². The van der Waals surface area contributed by atoms with Crippen LogP contribution in [0, 0.1) is 0 Å². The molecule has 32 heavy (non-hydrogen) atoms. The lowest BCUT2D eigenvalue weighted by atomic mass is 10.2. The zero-order valence-electron chi connectivity index (χ0n) is 16.4. The molecule has 0 atom stereocenters. The van der Waals surface area contributed by atoms with Gasteiger partial charge in [0.2, 0.25) is 0 Å². The van der Waals surface area contributed by atoms with E-state index in [0.717, 1.165) is 20.1 Å². The Morgan fingerprint density at radius 3 is 2.00 bits per heavy atom. The average Bonchev–Trinajstić information content (AvgIpc) is 3.26. The number of hydrogen-bond acceptors (Lipinski definition) is 3. The van der Waals surface area contributed by atoms with Crippen molar-refractivity contribution in [2.75, 3.05) is 10.6 Å². The fourth-order valence-electron chi connectivity index (χ4n) is 2.95. The van der Waals surface area contributed by atoms with Crippen LogP contribution in [0.3, 0.4) is 0 Å². The number of nitrogens with one attached hydrogen (secondary N) is 2. The van der Waals surface area contributed by atoms with Crippen LogP contribution in [0.4, 0.5) is 11.6 Å². The molecule has 0 unspecified atom stereocenters. The van der Waals surface area contributed by atoms with E-state index in [1.807, 2.05) is 65.6 Å². The third-order valence-corrected chi connectivity index (χ3v) is 6.43. The molecule has 11 heteroatoms. The molecule has 0 saturated carbocycles. The van der Waals surface area contributed by atoms with Gasteiger partial charge in [-0.25, -0.2) is 0 Å². The molecule has 164 valence electrons. The van der Waals surface area contributed by atoms with Gasteiger partial charge in [-0.3, -0.25) is 9.36 Å². The second kappa shape index (κ2) is 10.4. The second-order valence-corrected chi connectivity index (χ2v) is 9.80. The normalized spacial score (nSPS) is 10.9. The summed E-state index contributed by atoms with van der Waals surface area (Å²) < 4.78 is 5.17. The summed E-state index contributed by atoms with van der Waals surface area (Å²) in [6.07, 6.45) is 3.75. The van der Waals surface area contributed by atoms with Gasteiger partial charge in [-0.05, 0) is 73.4 Å². The molecule has 2 heterocycles. The summed E-state index contributed by atoms with van der Waals surface area (Å²) in [6, 6.07) is 15.3. The fourth-order valence-corrected chi connectivity index (χ4v) is 4.29. The van der Waals surface area contributed by atoms with E-state index in [2.05, 4.69) is 52.7 Å². The summed E-state index contributed by atoms with van der Waals surface area (Å²) in [5.41, 5.74) is 2.07. The Bertz CT molecular complexity index is 1260. The van der Waals surface area contributed by atoms with Crippen LogP contribution in [0.2, 0.25) is 10.0 Å². The van der Waals surface area contributed by atoms with E-state index in [1.54, 1.807) is 4.68 Å². The summed E-state index contributed by atoms with van der Waals surface area (Å²) in [4.78, 5) is 0. The maximum atomic E-state index is 6.25. The molecule has 2 aromatic carbocycles. The Labute approximate surface area is 217 Å². The topological polar surface area (TPSA) is 59.7 Å². The average molecular weight is 615 g/mol. The third kappa shape index (κ3) is 5.90. The molecule has 0 radical (unpaired) electrons. The molecule has 4 aromatic rings. The predicted octanol–water partition coefficient (Wildman–Crippen LogP) is 6.82. The monoisotopic (exact) mass is 612 g/mol. The zero-order chi connectivity index (χ0) is 22.7. The smallest absolute Gasteiger partial charge is 0.177 e. The predicted molar refractivity (Wildman–Crippen MR) is 141 cm³/mol. The number of thiocarbonyl (C=S) groups is 1. The van der Waals surface area contributed by atoms with Crippen LogP contribution in [-0.4, -0.2) is 24.7 Å². The minimum atomic E-state index is 0.367. The van der Waals surface area contributed by atoms with Crippen molar-refractivity contribution in [3.05, 3.63) is 91.0 Å². The quantitative estimate of drug-likeness (QED) is 0.234. The van der Waals surface area contributed by atoms with E-state index < -0.39 is 0 Å². The van der Waals surface area contributed by atoms with Crippen LogP contribution < -0.4 is 10.6 Å². The van der Waals surface area contributed by atoms with Crippen molar-refractivity contribution in [3.8, 4) is 0 Å². The summed E-state index contributed by atoms with van der Waals surface area (Å²) in [7, 11) is 0. The minimum absolute atomic E-state index is 0.367. The maximum Gasteiger partial charge on any atom is 0.177 e. The Hall–Kier alpha value is -1.91.